The summed E-state index contributed by atoms with van der Waals surface area (Å²) >= 11 is 0. The minimum Gasteiger partial charge on any atom is -0.512 e. The van der Waals surface area contributed by atoms with Crippen LogP contribution in [-0.4, -0.2) is 75.8 Å². The van der Waals surface area contributed by atoms with E-state index in [9.17, 15) is 14.7 Å². The molecule has 222 valence electrons. The number of rotatable bonds is 7. The molecule has 1 atom stereocenters. The lowest BCUT2D eigenvalue weighted by atomic mass is 9.93. The van der Waals surface area contributed by atoms with E-state index in [0.29, 0.717) is 72.8 Å². The molecule has 1 fully saturated rings. The van der Waals surface area contributed by atoms with Crippen molar-refractivity contribution in [3.63, 3.8) is 0 Å². The van der Waals surface area contributed by atoms with E-state index >= 15 is 4.39 Å². The topological polar surface area (TPSA) is 102 Å². The highest BCUT2D eigenvalue weighted by Crippen LogP contribution is 2.39. The zero-order valence-electron chi connectivity index (χ0n) is 25.2. The van der Waals surface area contributed by atoms with Crippen molar-refractivity contribution in [1.82, 2.24) is 19.8 Å². The normalized spacial score (nSPS) is 17.9. The Kier molecular flexibility index (Phi) is 9.23. The van der Waals surface area contributed by atoms with Crippen LogP contribution in [0.3, 0.4) is 0 Å². The van der Waals surface area contributed by atoms with Crippen LogP contribution >= 0.6 is 0 Å². The third kappa shape index (κ3) is 5.70. The van der Waals surface area contributed by atoms with Crippen molar-refractivity contribution in [1.29, 1.82) is 0 Å². The Morgan fingerprint density at radius 3 is 2.64 bits per heavy atom. The molecule has 1 aliphatic heterocycles. The summed E-state index contributed by atoms with van der Waals surface area (Å²) in [5.74, 6) is -0.143. The van der Waals surface area contributed by atoms with E-state index in [0.717, 1.165) is 5.56 Å². The van der Waals surface area contributed by atoms with Gasteiger partial charge in [-0.1, -0.05) is 26.5 Å². The highest BCUT2D eigenvalue weighted by atomic mass is 19.1. The Morgan fingerprint density at radius 1 is 1.31 bits per heavy atom. The van der Waals surface area contributed by atoms with Gasteiger partial charge < -0.3 is 14.9 Å². The van der Waals surface area contributed by atoms with E-state index in [-0.39, 0.29) is 35.1 Å². The van der Waals surface area contributed by atoms with E-state index in [1.807, 2.05) is 51.7 Å². The molecule has 0 bridgehead atoms. The van der Waals surface area contributed by atoms with Gasteiger partial charge in [-0.15, -0.1) is 0 Å². The average Bonchev–Trinajstić information content (AvgIpc) is 2.96. The monoisotopic (exact) mass is 574 g/mol. The first-order valence-electron chi connectivity index (χ1n) is 14.2. The van der Waals surface area contributed by atoms with Gasteiger partial charge in [0.2, 0.25) is 12.3 Å². The summed E-state index contributed by atoms with van der Waals surface area (Å²) in [6.07, 6.45) is 6.61. The second kappa shape index (κ2) is 12.7. The molecule has 42 heavy (non-hydrogen) atoms. The maximum atomic E-state index is 16.1. The lowest BCUT2D eigenvalue weighted by Crippen LogP contribution is -2.55. The lowest BCUT2D eigenvalue weighted by molar-refractivity contribution is -0.128. The van der Waals surface area contributed by atoms with E-state index in [4.69, 9.17) is 4.98 Å². The largest absolute Gasteiger partial charge is 0.512 e. The second-order valence-corrected chi connectivity index (χ2v) is 11.0. The maximum absolute atomic E-state index is 16.1. The second-order valence-electron chi connectivity index (χ2n) is 11.0. The van der Waals surface area contributed by atoms with Gasteiger partial charge >= 0.3 is 0 Å². The number of hydrogen-bond acceptors (Lipinski definition) is 6. The molecule has 2 aliphatic rings. The van der Waals surface area contributed by atoms with Gasteiger partial charge in [0.05, 0.1) is 16.9 Å². The van der Waals surface area contributed by atoms with Crippen LogP contribution < -0.4 is 4.90 Å². The van der Waals surface area contributed by atoms with E-state index in [1.54, 1.807) is 18.1 Å². The third-order valence-corrected chi connectivity index (χ3v) is 7.82. The Bertz CT molecular complexity index is 1500. The van der Waals surface area contributed by atoms with Crippen molar-refractivity contribution in [3.8, 4) is 0 Å². The summed E-state index contributed by atoms with van der Waals surface area (Å²) in [5.41, 5.74) is 3.37. The van der Waals surface area contributed by atoms with Gasteiger partial charge in [0, 0.05) is 50.9 Å². The van der Waals surface area contributed by atoms with Crippen molar-refractivity contribution < 1.29 is 19.1 Å². The summed E-state index contributed by atoms with van der Waals surface area (Å²) in [6, 6.07) is 2.99. The zero-order chi connectivity index (χ0) is 30.7. The number of piperazine rings is 1. The Labute approximate surface area is 246 Å². The summed E-state index contributed by atoms with van der Waals surface area (Å²) in [4.78, 5) is 44.3. The number of amides is 2. The summed E-state index contributed by atoms with van der Waals surface area (Å²) < 4.78 is 16.1. The molecule has 1 saturated heterocycles. The van der Waals surface area contributed by atoms with Crippen LogP contribution in [0.15, 0.2) is 53.4 Å². The number of aromatic nitrogens is 2. The van der Waals surface area contributed by atoms with E-state index < -0.39 is 5.82 Å². The first kappa shape index (κ1) is 30.6. The number of anilines is 2. The van der Waals surface area contributed by atoms with Crippen LogP contribution in [0.1, 0.15) is 69.0 Å². The molecule has 10 heteroatoms. The van der Waals surface area contributed by atoms with Crippen LogP contribution in [0.5, 0.6) is 0 Å². The average molecular weight is 575 g/mol. The molecule has 0 radical (unpaired) electrons. The zero-order valence-corrected chi connectivity index (χ0v) is 25.2. The number of aliphatic hydroxyl groups is 1. The first-order chi connectivity index (χ1) is 20.0. The number of carbonyl (C=O) groups excluding carboxylic acids is 2. The van der Waals surface area contributed by atoms with E-state index in [1.165, 1.54) is 17.0 Å². The number of allylic oxidation sites excluding steroid dienone is 4. The molecule has 9 nitrogen and oxygen atoms in total. The minimum atomic E-state index is -0.642. The fourth-order valence-corrected chi connectivity index (χ4v) is 5.73. The summed E-state index contributed by atoms with van der Waals surface area (Å²) in [6.45, 7) is 14.5. The highest BCUT2D eigenvalue weighted by molar-refractivity contribution is 6.07. The number of nitrogens with zero attached hydrogens (tertiary/aromatic N) is 6. The molecular formula is C32H39FN6O3. The molecule has 2 amide bonds. The van der Waals surface area contributed by atoms with Gasteiger partial charge in [0.25, 0.3) is 0 Å². The number of aliphatic hydroxyl groups excluding tert-OH is 1. The Balaban J connectivity index is 1.96. The number of halogens is 1. The third-order valence-electron chi connectivity index (χ3n) is 7.82. The van der Waals surface area contributed by atoms with Gasteiger partial charge in [0.1, 0.15) is 17.3 Å². The fourth-order valence-electron chi connectivity index (χ4n) is 5.73. The van der Waals surface area contributed by atoms with Crippen molar-refractivity contribution in [2.24, 2.45) is 4.99 Å². The van der Waals surface area contributed by atoms with Crippen LogP contribution in [0, 0.1) is 12.7 Å². The quantitative estimate of drug-likeness (QED) is 0.204. The van der Waals surface area contributed by atoms with Crippen molar-refractivity contribution >= 4 is 35.2 Å². The predicted molar refractivity (Wildman–Crippen MR) is 163 cm³/mol. The highest BCUT2D eigenvalue weighted by Gasteiger charge is 2.33. The molecule has 0 aromatic carbocycles. The SMILES string of the molecule is C=CC(=O)N1CCN(C(=NC)c2cc(F)c(C3=C(O)CCC=C3C)nc2N(C=O)c2c(C)ccnc2C(C)C)C(C)C1. The molecule has 4 rings (SSSR count). The van der Waals surface area contributed by atoms with Gasteiger partial charge in [-0.3, -0.25) is 24.5 Å². The molecule has 3 heterocycles. The Hall–Kier alpha value is -4.34. The smallest absolute Gasteiger partial charge is 0.246 e. The molecule has 2 aromatic rings. The number of aliphatic imine (C=N–C) groups is 1. The minimum absolute atomic E-state index is 0.0178. The number of carbonyl (C=O) groups is 2. The Morgan fingerprint density at radius 2 is 2.05 bits per heavy atom. The summed E-state index contributed by atoms with van der Waals surface area (Å²) in [7, 11) is 1.61. The van der Waals surface area contributed by atoms with Crippen LogP contribution in [0.2, 0.25) is 0 Å². The van der Waals surface area contributed by atoms with Crippen LogP contribution in [0.4, 0.5) is 15.9 Å². The first-order valence-corrected chi connectivity index (χ1v) is 14.2. The molecule has 1 aliphatic carbocycles. The van der Waals surface area contributed by atoms with Crippen LogP contribution in [0.25, 0.3) is 5.57 Å². The van der Waals surface area contributed by atoms with Crippen molar-refractivity contribution in [2.45, 2.75) is 59.4 Å². The lowest BCUT2D eigenvalue weighted by Gasteiger charge is -2.41. The number of hydrogen-bond donors (Lipinski definition) is 1. The molecule has 1 unspecified atom stereocenters. The van der Waals surface area contributed by atoms with E-state index in [2.05, 4.69) is 16.6 Å². The summed E-state index contributed by atoms with van der Waals surface area (Å²) in [5, 5.41) is 10.8. The van der Waals surface area contributed by atoms with Crippen molar-refractivity contribution in [3.05, 3.63) is 76.7 Å². The molecule has 2 aromatic heterocycles. The van der Waals surface area contributed by atoms with Gasteiger partial charge in [-0.25, -0.2) is 9.37 Å². The van der Waals surface area contributed by atoms with Gasteiger partial charge in [-0.2, -0.15) is 0 Å². The van der Waals surface area contributed by atoms with Crippen LogP contribution in [-0.2, 0) is 9.59 Å². The van der Waals surface area contributed by atoms with Gasteiger partial charge in [-0.05, 0) is 62.5 Å². The maximum Gasteiger partial charge on any atom is 0.246 e. The number of amidine groups is 1. The van der Waals surface area contributed by atoms with Gasteiger partial charge in [0.15, 0.2) is 11.6 Å². The van der Waals surface area contributed by atoms with Crippen molar-refractivity contribution in [2.75, 3.05) is 31.6 Å². The molecule has 0 spiro atoms. The number of aryl methyl sites for hydroxylation is 1. The standard InChI is InChI=1S/C32H39FN6O3/c1-8-26(42)37-14-15-38(22(6)17-37)31(34-7)23-16-24(33)29(27-20(4)10-9-11-25(27)41)36-32(23)39(18-40)30-21(5)12-13-35-28(30)19(2)3/h8,10,12-13,16,18-19,22,41H,1,9,11,14-15,17H2,2-7H3. The fraction of sp³-hybridized carbons (Fsp3) is 0.406. The molecule has 1 N–H and O–H groups in total. The number of pyridine rings is 2. The predicted octanol–water partition coefficient (Wildman–Crippen LogP) is 5.45. The molecule has 0 saturated carbocycles. The molecular weight excluding hydrogens is 535 g/mol.